The third-order valence-electron chi connectivity index (χ3n) is 7.32. The minimum Gasteiger partial charge on any atom is -0.422 e. The average molecular weight is 460 g/mol. The second-order valence-corrected chi connectivity index (χ2v) is 9.84. The smallest absolute Gasteiger partial charge is 0.343 e. The summed E-state index contributed by atoms with van der Waals surface area (Å²) in [5.74, 6) is 0. The van der Waals surface area contributed by atoms with Crippen molar-refractivity contribution < 1.29 is 4.42 Å². The molecule has 6 rings (SSSR count). The first-order valence-electron chi connectivity index (χ1n) is 12.0. The first kappa shape index (κ1) is 21.4. The Morgan fingerprint density at radius 1 is 1.03 bits per heavy atom. The van der Waals surface area contributed by atoms with Crippen molar-refractivity contribution in [2.24, 2.45) is 4.99 Å². The Morgan fingerprint density at radius 3 is 2.57 bits per heavy atom. The maximum atomic E-state index is 12.8. The zero-order chi connectivity index (χ0) is 24.2. The van der Waals surface area contributed by atoms with Crippen molar-refractivity contribution >= 4 is 44.9 Å². The molecule has 0 radical (unpaired) electrons. The molecule has 5 heteroatoms. The molecule has 3 aromatic carbocycles. The van der Waals surface area contributed by atoms with Crippen molar-refractivity contribution in [1.29, 1.82) is 5.26 Å². The van der Waals surface area contributed by atoms with E-state index in [1.807, 2.05) is 54.6 Å². The Bertz CT molecular complexity index is 1660. The number of aliphatic imine (C=N–C) groups is 1. The summed E-state index contributed by atoms with van der Waals surface area (Å²) in [6.45, 7) is 6.28. The number of hydrogen-bond acceptors (Lipinski definition) is 5. The normalized spacial score (nSPS) is 16.7. The van der Waals surface area contributed by atoms with Gasteiger partial charge in [0.05, 0.1) is 28.6 Å². The molecule has 0 N–H and O–H groups in total. The van der Waals surface area contributed by atoms with Crippen LogP contribution >= 0.6 is 0 Å². The Morgan fingerprint density at radius 2 is 1.80 bits per heavy atom. The van der Waals surface area contributed by atoms with Gasteiger partial charge in [-0.3, -0.25) is 4.99 Å². The number of rotatable bonds is 3. The number of benzene rings is 3. The Hall–Kier alpha value is -4.17. The SMILES string of the molecule is CC1(C)C(/C=C/c2cc3ccc(N4CCCC4)cc3oc2=O)=Nc2c1cc(C#N)c1ccccc21. The van der Waals surface area contributed by atoms with Crippen LogP contribution in [0.3, 0.4) is 0 Å². The predicted octanol–water partition coefficient (Wildman–Crippen LogP) is 6.50. The molecule has 0 unspecified atom stereocenters. The third kappa shape index (κ3) is 3.45. The van der Waals surface area contributed by atoms with Crippen molar-refractivity contribution in [3.63, 3.8) is 0 Å². The highest BCUT2D eigenvalue weighted by Crippen LogP contribution is 2.45. The fraction of sp³-hybridized carbons (Fsp3) is 0.233. The molecule has 3 heterocycles. The van der Waals surface area contributed by atoms with Gasteiger partial charge < -0.3 is 9.32 Å². The second-order valence-electron chi connectivity index (χ2n) is 9.84. The monoisotopic (exact) mass is 459 g/mol. The van der Waals surface area contributed by atoms with Crippen LogP contribution in [0.5, 0.6) is 0 Å². The minimum absolute atomic E-state index is 0.363. The van der Waals surface area contributed by atoms with Gasteiger partial charge >= 0.3 is 5.63 Å². The van der Waals surface area contributed by atoms with Crippen LogP contribution in [-0.4, -0.2) is 18.8 Å². The van der Waals surface area contributed by atoms with Crippen LogP contribution in [0, 0.1) is 11.3 Å². The van der Waals surface area contributed by atoms with Crippen LogP contribution in [0.4, 0.5) is 11.4 Å². The predicted molar refractivity (Wildman–Crippen MR) is 142 cm³/mol. The highest BCUT2D eigenvalue weighted by Gasteiger charge is 2.35. The van der Waals surface area contributed by atoms with Crippen molar-refractivity contribution in [1.82, 2.24) is 0 Å². The van der Waals surface area contributed by atoms with Crippen molar-refractivity contribution in [3.05, 3.63) is 87.8 Å². The summed E-state index contributed by atoms with van der Waals surface area (Å²) in [7, 11) is 0. The van der Waals surface area contributed by atoms with Gasteiger partial charge in [0.15, 0.2) is 0 Å². The summed E-state index contributed by atoms with van der Waals surface area (Å²) in [5, 5.41) is 12.5. The lowest BCUT2D eigenvalue weighted by molar-refractivity contribution is 0.559. The van der Waals surface area contributed by atoms with E-state index in [4.69, 9.17) is 9.41 Å². The Labute approximate surface area is 203 Å². The minimum atomic E-state index is -0.400. The first-order chi connectivity index (χ1) is 17.0. The molecule has 1 fully saturated rings. The number of fused-ring (bicyclic) bond motifs is 4. The number of hydrogen-bond donors (Lipinski definition) is 0. The summed E-state index contributed by atoms with van der Waals surface area (Å²) in [6.07, 6.45) is 6.09. The van der Waals surface area contributed by atoms with Crippen molar-refractivity contribution in [2.75, 3.05) is 18.0 Å². The van der Waals surface area contributed by atoms with Gasteiger partial charge in [-0.2, -0.15) is 5.26 Å². The highest BCUT2D eigenvalue weighted by atomic mass is 16.4. The second kappa shape index (κ2) is 7.95. The van der Waals surface area contributed by atoms with Gasteiger partial charge in [0.1, 0.15) is 5.58 Å². The van der Waals surface area contributed by atoms with Crippen molar-refractivity contribution in [3.8, 4) is 6.07 Å². The molecule has 172 valence electrons. The average Bonchev–Trinajstić information content (AvgIpc) is 3.48. The van der Waals surface area contributed by atoms with E-state index in [1.165, 1.54) is 12.8 Å². The first-order valence-corrected chi connectivity index (χ1v) is 12.0. The molecule has 35 heavy (non-hydrogen) atoms. The standard InChI is InChI=1S/C30H25N3O2/c1-30(2)25-16-21(18-31)23-7-3-4-8-24(23)28(25)32-27(30)12-10-20-15-19-9-11-22(33-13-5-6-14-33)17-26(19)35-29(20)34/h3-4,7-12,15-17H,5-6,13-14H2,1-2H3/b12-10+. The molecule has 1 saturated heterocycles. The van der Waals surface area contributed by atoms with Crippen LogP contribution in [0.1, 0.15) is 43.4 Å². The van der Waals surface area contributed by atoms with Crippen LogP contribution in [0.2, 0.25) is 0 Å². The molecule has 0 bridgehead atoms. The molecule has 2 aliphatic rings. The fourth-order valence-electron chi connectivity index (χ4n) is 5.27. The Kier molecular flexibility index (Phi) is 4.86. The van der Waals surface area contributed by atoms with Gasteiger partial charge in [-0.1, -0.05) is 38.1 Å². The van der Waals surface area contributed by atoms with Crippen LogP contribution < -0.4 is 10.5 Å². The van der Waals surface area contributed by atoms with Gasteiger partial charge in [-0.05, 0) is 54.8 Å². The highest BCUT2D eigenvalue weighted by molar-refractivity contribution is 6.14. The zero-order valence-corrected chi connectivity index (χ0v) is 19.8. The molecule has 0 aliphatic carbocycles. The molecule has 1 aromatic heterocycles. The summed E-state index contributed by atoms with van der Waals surface area (Å²) < 4.78 is 5.70. The van der Waals surface area contributed by atoms with E-state index in [-0.39, 0.29) is 5.63 Å². The van der Waals surface area contributed by atoms with E-state index < -0.39 is 5.41 Å². The molecular formula is C30H25N3O2. The lowest BCUT2D eigenvalue weighted by Crippen LogP contribution is -2.24. The lowest BCUT2D eigenvalue weighted by atomic mass is 9.79. The fourth-order valence-corrected chi connectivity index (χ4v) is 5.27. The van der Waals surface area contributed by atoms with Gasteiger partial charge in [0, 0.05) is 46.4 Å². The van der Waals surface area contributed by atoms with E-state index in [1.54, 1.807) is 6.08 Å². The van der Waals surface area contributed by atoms with Crippen molar-refractivity contribution in [2.45, 2.75) is 32.1 Å². The molecule has 2 aliphatic heterocycles. The van der Waals surface area contributed by atoms with Gasteiger partial charge in [0.25, 0.3) is 0 Å². The van der Waals surface area contributed by atoms with E-state index in [2.05, 4.69) is 30.9 Å². The summed E-state index contributed by atoms with van der Waals surface area (Å²) >= 11 is 0. The molecule has 0 saturated carbocycles. The summed E-state index contributed by atoms with van der Waals surface area (Å²) in [6, 6.07) is 20.1. The quantitative estimate of drug-likeness (QED) is 0.328. The van der Waals surface area contributed by atoms with Gasteiger partial charge in [-0.15, -0.1) is 0 Å². The molecule has 0 spiro atoms. The molecule has 5 nitrogen and oxygen atoms in total. The van der Waals surface area contributed by atoms with E-state index in [0.717, 1.165) is 51.9 Å². The molecule has 0 atom stereocenters. The van der Waals surface area contributed by atoms with Gasteiger partial charge in [0.2, 0.25) is 0 Å². The maximum Gasteiger partial charge on any atom is 0.343 e. The largest absolute Gasteiger partial charge is 0.422 e. The molecule has 0 amide bonds. The molecular weight excluding hydrogens is 434 g/mol. The number of allylic oxidation sites excluding steroid dienone is 1. The van der Waals surface area contributed by atoms with Crippen LogP contribution in [0.25, 0.3) is 27.8 Å². The van der Waals surface area contributed by atoms with E-state index in [9.17, 15) is 10.1 Å². The lowest BCUT2D eigenvalue weighted by Gasteiger charge is -2.21. The summed E-state index contributed by atoms with van der Waals surface area (Å²) in [4.78, 5) is 20.1. The van der Waals surface area contributed by atoms with Gasteiger partial charge in [-0.25, -0.2) is 4.79 Å². The zero-order valence-electron chi connectivity index (χ0n) is 19.8. The van der Waals surface area contributed by atoms with Crippen LogP contribution in [-0.2, 0) is 5.41 Å². The Balaban J connectivity index is 1.38. The summed E-state index contributed by atoms with van der Waals surface area (Å²) in [5.41, 5.74) is 4.85. The maximum absolute atomic E-state index is 12.8. The third-order valence-corrected chi connectivity index (χ3v) is 7.32. The topological polar surface area (TPSA) is 69.6 Å². The number of anilines is 1. The van der Waals surface area contributed by atoms with Crippen LogP contribution in [0.15, 0.2) is 74.9 Å². The molecule has 4 aromatic rings. The van der Waals surface area contributed by atoms with E-state index >= 15 is 0 Å². The number of nitriles is 1. The van der Waals surface area contributed by atoms with E-state index in [0.29, 0.717) is 16.7 Å². The number of nitrogens with zero attached hydrogens (tertiary/aromatic N) is 3.